The van der Waals surface area contributed by atoms with Gasteiger partial charge in [0.2, 0.25) is 0 Å². The van der Waals surface area contributed by atoms with Gasteiger partial charge in [0.05, 0.1) is 16.3 Å². The molecule has 0 unspecified atom stereocenters. The predicted octanol–water partition coefficient (Wildman–Crippen LogP) is 4.69. The number of aryl methyl sites for hydroxylation is 3. The van der Waals surface area contributed by atoms with Crippen LogP contribution in [0.2, 0.25) is 0 Å². The van der Waals surface area contributed by atoms with Crippen molar-refractivity contribution in [1.29, 1.82) is 0 Å². The minimum atomic E-state index is -0.446. The molecular weight excluding hydrogens is 384 g/mol. The van der Waals surface area contributed by atoms with Crippen molar-refractivity contribution in [2.45, 2.75) is 32.2 Å². The Kier molecular flexibility index (Phi) is 6.88. The quantitative estimate of drug-likeness (QED) is 0.454. The number of nitrogens with one attached hydrogen (secondary N) is 1. The smallest absolute Gasteiger partial charge is 0.316 e. The van der Waals surface area contributed by atoms with Gasteiger partial charge in [-0.3, -0.25) is 9.59 Å². The van der Waals surface area contributed by atoms with E-state index in [2.05, 4.69) is 10.3 Å². The summed E-state index contributed by atoms with van der Waals surface area (Å²) in [5.41, 5.74) is 4.83. The fourth-order valence-corrected chi connectivity index (χ4v) is 3.86. The van der Waals surface area contributed by atoms with E-state index in [-0.39, 0.29) is 18.3 Å². The van der Waals surface area contributed by atoms with Gasteiger partial charge in [-0.15, -0.1) is 0 Å². The van der Waals surface area contributed by atoms with Crippen molar-refractivity contribution in [3.05, 3.63) is 65.2 Å². The Morgan fingerprint density at radius 1 is 1.07 bits per heavy atom. The van der Waals surface area contributed by atoms with Gasteiger partial charge in [0.25, 0.3) is 5.91 Å². The highest BCUT2D eigenvalue weighted by Gasteiger charge is 2.12. The molecule has 0 bridgehead atoms. The third-order valence-electron chi connectivity index (χ3n) is 4.61. The second-order valence-corrected chi connectivity index (χ2v) is 7.75. The Morgan fingerprint density at radius 2 is 1.86 bits per heavy atom. The first-order valence-electron chi connectivity index (χ1n) is 9.51. The molecular formula is C23H24N2O3S. The zero-order valence-electron chi connectivity index (χ0n) is 16.8. The van der Waals surface area contributed by atoms with Crippen LogP contribution < -0.4 is 5.32 Å². The number of amides is 1. The minimum absolute atomic E-state index is 0.0998. The van der Waals surface area contributed by atoms with E-state index in [0.717, 1.165) is 44.7 Å². The first-order chi connectivity index (χ1) is 14.0. The number of nitrogens with zero attached hydrogens (tertiary/aromatic N) is 1. The molecule has 3 rings (SSSR count). The number of benzene rings is 2. The summed E-state index contributed by atoms with van der Waals surface area (Å²) in [5.74, 6) is -0.687. The highest BCUT2D eigenvalue weighted by Crippen LogP contribution is 2.24. The normalized spacial score (nSPS) is 10.7. The molecule has 6 heteroatoms. The number of esters is 1. The van der Waals surface area contributed by atoms with Crippen LogP contribution in [0, 0.1) is 13.8 Å². The molecule has 150 valence electrons. The largest absolute Gasteiger partial charge is 0.455 e. The summed E-state index contributed by atoms with van der Waals surface area (Å²) < 4.78 is 5.13. The third kappa shape index (κ3) is 5.35. The Hall–Kier alpha value is -2.86. The lowest BCUT2D eigenvalue weighted by atomic mass is 10.1. The molecule has 1 aromatic heterocycles. The van der Waals surface area contributed by atoms with Gasteiger partial charge >= 0.3 is 5.97 Å². The number of rotatable bonds is 7. The molecule has 0 fully saturated rings. The van der Waals surface area contributed by atoms with E-state index >= 15 is 0 Å². The van der Waals surface area contributed by atoms with Crippen molar-refractivity contribution in [3.63, 3.8) is 0 Å². The van der Waals surface area contributed by atoms with Crippen molar-refractivity contribution in [1.82, 2.24) is 4.98 Å². The van der Waals surface area contributed by atoms with Crippen LogP contribution in [-0.4, -0.2) is 29.2 Å². The van der Waals surface area contributed by atoms with Crippen molar-refractivity contribution in [2.75, 3.05) is 17.7 Å². The number of anilines is 1. The molecule has 0 saturated carbocycles. The van der Waals surface area contributed by atoms with E-state index in [0.29, 0.717) is 0 Å². The van der Waals surface area contributed by atoms with Gasteiger partial charge in [0.15, 0.2) is 6.61 Å². The van der Waals surface area contributed by atoms with Crippen LogP contribution in [-0.2, 0) is 20.7 Å². The number of carbonyl (C=O) groups is 2. The Labute approximate surface area is 174 Å². The lowest BCUT2D eigenvalue weighted by Crippen LogP contribution is -2.22. The van der Waals surface area contributed by atoms with Gasteiger partial charge in [-0.2, -0.15) is 0 Å². The first kappa shape index (κ1) is 20.9. The number of hydrogen-bond donors (Lipinski definition) is 1. The molecule has 0 aliphatic heterocycles. The van der Waals surface area contributed by atoms with Gasteiger partial charge in [-0.1, -0.05) is 55.1 Å². The highest BCUT2D eigenvalue weighted by atomic mass is 32.2. The van der Waals surface area contributed by atoms with Crippen molar-refractivity contribution < 1.29 is 14.3 Å². The van der Waals surface area contributed by atoms with Gasteiger partial charge in [-0.05, 0) is 49.1 Å². The summed E-state index contributed by atoms with van der Waals surface area (Å²) in [6, 6.07) is 15.7. The van der Waals surface area contributed by atoms with Crippen molar-refractivity contribution in [2.24, 2.45) is 0 Å². The lowest BCUT2D eigenvalue weighted by Gasteiger charge is -2.13. The number of carbonyl (C=O) groups excluding carboxylic acids is 2. The summed E-state index contributed by atoms with van der Waals surface area (Å²) >= 11 is 1.30. The molecule has 0 radical (unpaired) electrons. The Morgan fingerprint density at radius 3 is 2.66 bits per heavy atom. The predicted molar refractivity (Wildman–Crippen MR) is 117 cm³/mol. The van der Waals surface area contributed by atoms with Crippen LogP contribution in [0.3, 0.4) is 0 Å². The summed E-state index contributed by atoms with van der Waals surface area (Å²) in [7, 11) is 0. The zero-order valence-corrected chi connectivity index (χ0v) is 17.6. The molecule has 0 aliphatic carbocycles. The summed E-state index contributed by atoms with van der Waals surface area (Å²) in [4.78, 5) is 28.8. The lowest BCUT2D eigenvalue weighted by molar-refractivity contribution is -0.144. The monoisotopic (exact) mass is 408 g/mol. The molecule has 5 nitrogen and oxygen atoms in total. The van der Waals surface area contributed by atoms with E-state index in [1.807, 2.05) is 69.3 Å². The van der Waals surface area contributed by atoms with Crippen LogP contribution >= 0.6 is 11.8 Å². The van der Waals surface area contributed by atoms with Crippen LogP contribution in [0.15, 0.2) is 53.6 Å². The number of ether oxygens (including phenoxy) is 1. The molecule has 0 aliphatic rings. The van der Waals surface area contributed by atoms with E-state index in [1.54, 1.807) is 0 Å². The topological polar surface area (TPSA) is 68.3 Å². The van der Waals surface area contributed by atoms with E-state index in [4.69, 9.17) is 4.74 Å². The summed E-state index contributed by atoms with van der Waals surface area (Å²) in [6.45, 7) is 5.69. The van der Waals surface area contributed by atoms with Gasteiger partial charge in [0, 0.05) is 11.1 Å². The standard InChI is InChI=1S/C23H24N2O3S/c1-4-17-9-7-8-15(2)23(17)25-20(26)13-28-22(27)14-29-21-12-16(3)18-10-5-6-11-19(18)24-21/h5-12H,4,13-14H2,1-3H3,(H,25,26). The molecule has 1 N–H and O–H groups in total. The fraction of sp³-hybridized carbons (Fsp3) is 0.261. The molecule has 2 aromatic carbocycles. The molecule has 1 amide bonds. The maximum Gasteiger partial charge on any atom is 0.316 e. The molecule has 3 aromatic rings. The number of aromatic nitrogens is 1. The molecule has 0 saturated heterocycles. The number of hydrogen-bond acceptors (Lipinski definition) is 5. The van der Waals surface area contributed by atoms with Crippen molar-refractivity contribution in [3.8, 4) is 0 Å². The highest BCUT2D eigenvalue weighted by molar-refractivity contribution is 7.99. The van der Waals surface area contributed by atoms with Gasteiger partial charge in [-0.25, -0.2) is 4.98 Å². The number of para-hydroxylation sites is 2. The molecule has 1 heterocycles. The summed E-state index contributed by atoms with van der Waals surface area (Å²) in [5, 5.41) is 4.71. The summed E-state index contributed by atoms with van der Waals surface area (Å²) in [6.07, 6.45) is 0.811. The van der Waals surface area contributed by atoms with E-state index < -0.39 is 5.97 Å². The average molecular weight is 409 g/mol. The molecule has 29 heavy (non-hydrogen) atoms. The third-order valence-corrected chi connectivity index (χ3v) is 5.49. The van der Waals surface area contributed by atoms with Gasteiger partial charge < -0.3 is 10.1 Å². The number of thioether (sulfide) groups is 1. The maximum atomic E-state index is 12.2. The van der Waals surface area contributed by atoms with E-state index in [9.17, 15) is 9.59 Å². The molecule has 0 spiro atoms. The Bertz CT molecular complexity index is 1050. The second-order valence-electron chi connectivity index (χ2n) is 6.75. The Balaban J connectivity index is 1.52. The molecule has 0 atom stereocenters. The van der Waals surface area contributed by atoms with Gasteiger partial charge in [0.1, 0.15) is 0 Å². The van der Waals surface area contributed by atoms with Crippen LogP contribution in [0.1, 0.15) is 23.6 Å². The zero-order chi connectivity index (χ0) is 20.8. The number of pyridine rings is 1. The van der Waals surface area contributed by atoms with Crippen molar-refractivity contribution >= 4 is 40.2 Å². The number of fused-ring (bicyclic) bond motifs is 1. The SMILES string of the molecule is CCc1cccc(C)c1NC(=O)COC(=O)CSc1cc(C)c2ccccc2n1. The second kappa shape index (κ2) is 9.56. The average Bonchev–Trinajstić information content (AvgIpc) is 2.72. The fourth-order valence-electron chi connectivity index (χ4n) is 3.09. The van der Waals surface area contributed by atoms with Crippen LogP contribution in [0.4, 0.5) is 5.69 Å². The van der Waals surface area contributed by atoms with Crippen LogP contribution in [0.5, 0.6) is 0 Å². The van der Waals surface area contributed by atoms with Crippen LogP contribution in [0.25, 0.3) is 10.9 Å². The van der Waals surface area contributed by atoms with E-state index in [1.165, 1.54) is 11.8 Å². The maximum absolute atomic E-state index is 12.2. The minimum Gasteiger partial charge on any atom is -0.455 e. The first-order valence-corrected chi connectivity index (χ1v) is 10.5.